The normalized spacial score (nSPS) is 24.9. The highest BCUT2D eigenvalue weighted by Crippen LogP contribution is 2.10. The molecule has 4 N–H and O–H groups in total. The average Bonchev–Trinajstić information content (AvgIpc) is 2.16. The van der Waals surface area contributed by atoms with E-state index in [0.29, 0.717) is 24.9 Å². The highest BCUT2D eigenvalue weighted by Gasteiger charge is 2.18. The SMILES string of the molecule is NCCN1CCCC(NOSO)C1. The van der Waals surface area contributed by atoms with Gasteiger partial charge in [-0.1, -0.05) is 0 Å². The van der Waals surface area contributed by atoms with Crippen LogP contribution in [-0.4, -0.2) is 41.7 Å². The van der Waals surface area contributed by atoms with Gasteiger partial charge in [-0.3, -0.25) is 0 Å². The Kier molecular flexibility index (Phi) is 5.68. The van der Waals surface area contributed by atoms with Crippen LogP contribution < -0.4 is 11.2 Å². The van der Waals surface area contributed by atoms with E-state index in [1.807, 2.05) is 0 Å². The van der Waals surface area contributed by atoms with Crippen LogP contribution in [0.4, 0.5) is 0 Å². The molecule has 1 fully saturated rings. The van der Waals surface area contributed by atoms with E-state index >= 15 is 0 Å². The number of piperidine rings is 1. The molecule has 0 spiro atoms. The third-order valence-corrected chi connectivity index (χ3v) is 2.37. The lowest BCUT2D eigenvalue weighted by Crippen LogP contribution is -2.46. The van der Waals surface area contributed by atoms with Crippen molar-refractivity contribution < 1.29 is 8.84 Å². The van der Waals surface area contributed by atoms with Crippen LogP contribution in [0.2, 0.25) is 0 Å². The van der Waals surface area contributed by atoms with Crippen LogP contribution in [0.1, 0.15) is 12.8 Å². The molecule has 1 aliphatic heterocycles. The molecular formula is C7H17N3O2S. The molecule has 13 heavy (non-hydrogen) atoms. The third kappa shape index (κ3) is 4.26. The van der Waals surface area contributed by atoms with Crippen LogP contribution in [0.5, 0.6) is 0 Å². The summed E-state index contributed by atoms with van der Waals surface area (Å²) in [7, 11) is 0. The maximum Gasteiger partial charge on any atom is 0.175 e. The largest absolute Gasteiger partial charge is 0.329 e. The van der Waals surface area contributed by atoms with Gasteiger partial charge in [-0.2, -0.15) is 5.48 Å². The summed E-state index contributed by atoms with van der Waals surface area (Å²) < 4.78 is 13.0. The number of nitrogens with one attached hydrogen (secondary N) is 1. The van der Waals surface area contributed by atoms with Gasteiger partial charge in [0.25, 0.3) is 0 Å². The Balaban J connectivity index is 2.16. The molecule has 0 aliphatic carbocycles. The van der Waals surface area contributed by atoms with E-state index < -0.39 is 0 Å². The van der Waals surface area contributed by atoms with E-state index in [4.69, 9.17) is 10.3 Å². The summed E-state index contributed by atoms with van der Waals surface area (Å²) in [4.78, 5) is 2.30. The van der Waals surface area contributed by atoms with Gasteiger partial charge in [0.1, 0.15) is 0 Å². The van der Waals surface area contributed by atoms with Crippen LogP contribution in [0.25, 0.3) is 0 Å². The quantitative estimate of drug-likeness (QED) is 0.437. The van der Waals surface area contributed by atoms with Gasteiger partial charge in [0, 0.05) is 25.7 Å². The predicted molar refractivity (Wildman–Crippen MR) is 53.0 cm³/mol. The van der Waals surface area contributed by atoms with Gasteiger partial charge < -0.3 is 15.2 Å². The summed E-state index contributed by atoms with van der Waals surface area (Å²) >= 11 is 0.356. The number of rotatable bonds is 5. The Bertz CT molecular complexity index is 137. The summed E-state index contributed by atoms with van der Waals surface area (Å²) in [6.45, 7) is 3.69. The molecule has 0 aromatic heterocycles. The average molecular weight is 207 g/mol. The van der Waals surface area contributed by atoms with Crippen LogP contribution in [0, 0.1) is 0 Å². The lowest BCUT2D eigenvalue weighted by Gasteiger charge is -2.31. The molecule has 6 heteroatoms. The van der Waals surface area contributed by atoms with Crippen molar-refractivity contribution in [3.8, 4) is 0 Å². The van der Waals surface area contributed by atoms with Crippen molar-refractivity contribution in [1.29, 1.82) is 0 Å². The van der Waals surface area contributed by atoms with Gasteiger partial charge in [0.05, 0.1) is 0 Å². The predicted octanol–water partition coefficient (Wildman–Crippen LogP) is 0.0519. The molecule has 1 saturated heterocycles. The Labute approximate surface area is 83.0 Å². The van der Waals surface area contributed by atoms with Gasteiger partial charge in [0.15, 0.2) is 12.3 Å². The second-order valence-electron chi connectivity index (χ2n) is 3.20. The molecule has 78 valence electrons. The van der Waals surface area contributed by atoms with Crippen molar-refractivity contribution in [2.45, 2.75) is 18.9 Å². The molecule has 0 radical (unpaired) electrons. The zero-order valence-electron chi connectivity index (χ0n) is 7.61. The maximum atomic E-state index is 8.36. The molecular weight excluding hydrogens is 190 g/mol. The summed E-state index contributed by atoms with van der Waals surface area (Å²) in [5, 5.41) is 0. The Morgan fingerprint density at radius 3 is 3.23 bits per heavy atom. The first kappa shape index (κ1) is 11.2. The number of hydrogen-bond donors (Lipinski definition) is 3. The first-order chi connectivity index (χ1) is 6.36. The fourth-order valence-corrected chi connectivity index (χ4v) is 1.81. The summed E-state index contributed by atoms with van der Waals surface area (Å²) in [6.07, 6.45) is 2.23. The lowest BCUT2D eigenvalue weighted by atomic mass is 10.1. The summed E-state index contributed by atoms with van der Waals surface area (Å²) in [6, 6.07) is 0.306. The number of nitrogens with zero attached hydrogens (tertiary/aromatic N) is 1. The molecule has 1 rings (SSSR count). The number of nitrogens with two attached hydrogens (primary N) is 1. The zero-order valence-corrected chi connectivity index (χ0v) is 8.42. The first-order valence-electron chi connectivity index (χ1n) is 4.52. The standard InChI is InChI=1S/C7H17N3O2S/c8-3-5-10-4-1-2-7(6-10)9-12-13-11/h7,9,11H,1-6,8H2. The third-order valence-electron chi connectivity index (χ3n) is 2.20. The lowest BCUT2D eigenvalue weighted by molar-refractivity contribution is 0.108. The van der Waals surface area contributed by atoms with E-state index in [0.717, 1.165) is 32.5 Å². The number of likely N-dealkylation sites (tertiary alicyclic amines) is 1. The summed E-state index contributed by atoms with van der Waals surface area (Å²) in [5.41, 5.74) is 8.26. The molecule has 1 aliphatic rings. The van der Waals surface area contributed by atoms with E-state index in [9.17, 15) is 0 Å². The second kappa shape index (κ2) is 6.58. The van der Waals surface area contributed by atoms with Crippen molar-refractivity contribution in [3.05, 3.63) is 0 Å². The van der Waals surface area contributed by atoms with Crippen LogP contribution in [0.3, 0.4) is 0 Å². The molecule has 0 amide bonds. The minimum atomic E-state index is 0.306. The molecule has 0 saturated carbocycles. The molecule has 0 aromatic carbocycles. The van der Waals surface area contributed by atoms with Crippen LogP contribution >= 0.6 is 12.3 Å². The maximum absolute atomic E-state index is 8.36. The van der Waals surface area contributed by atoms with Gasteiger partial charge in [-0.15, -0.1) is 0 Å². The molecule has 0 aromatic rings. The fraction of sp³-hybridized carbons (Fsp3) is 1.00. The van der Waals surface area contributed by atoms with Gasteiger partial charge in [0.2, 0.25) is 0 Å². The first-order valence-corrected chi connectivity index (χ1v) is 5.21. The highest BCUT2D eigenvalue weighted by atomic mass is 32.2. The fourth-order valence-electron chi connectivity index (χ4n) is 1.63. The van der Waals surface area contributed by atoms with Crippen molar-refractivity contribution in [3.63, 3.8) is 0 Å². The van der Waals surface area contributed by atoms with Crippen molar-refractivity contribution in [1.82, 2.24) is 10.4 Å². The van der Waals surface area contributed by atoms with Gasteiger partial charge >= 0.3 is 0 Å². The van der Waals surface area contributed by atoms with Crippen LogP contribution in [0.15, 0.2) is 0 Å². The Morgan fingerprint density at radius 1 is 1.69 bits per heavy atom. The Morgan fingerprint density at radius 2 is 2.54 bits per heavy atom. The van der Waals surface area contributed by atoms with E-state index in [1.54, 1.807) is 0 Å². The monoisotopic (exact) mass is 207 g/mol. The summed E-state index contributed by atoms with van der Waals surface area (Å²) in [5.74, 6) is 0. The smallest absolute Gasteiger partial charge is 0.175 e. The Hall–Kier alpha value is 0.150. The number of hydroxylamine groups is 1. The van der Waals surface area contributed by atoms with E-state index in [2.05, 4.69) is 14.7 Å². The highest BCUT2D eigenvalue weighted by molar-refractivity contribution is 7.88. The van der Waals surface area contributed by atoms with E-state index in [-0.39, 0.29) is 0 Å². The molecule has 0 bridgehead atoms. The number of hydrogen-bond acceptors (Lipinski definition) is 6. The van der Waals surface area contributed by atoms with Crippen LogP contribution in [-0.2, 0) is 4.28 Å². The molecule has 1 atom stereocenters. The topological polar surface area (TPSA) is 70.8 Å². The minimum Gasteiger partial charge on any atom is -0.329 e. The van der Waals surface area contributed by atoms with Crippen molar-refractivity contribution in [2.75, 3.05) is 26.2 Å². The molecule has 1 unspecified atom stereocenters. The van der Waals surface area contributed by atoms with Gasteiger partial charge in [-0.25, -0.2) is 4.28 Å². The zero-order chi connectivity index (χ0) is 9.52. The molecule has 1 heterocycles. The second-order valence-corrected chi connectivity index (χ2v) is 3.52. The molecule has 5 nitrogen and oxygen atoms in total. The van der Waals surface area contributed by atoms with Crippen molar-refractivity contribution >= 4 is 12.3 Å². The van der Waals surface area contributed by atoms with Gasteiger partial charge in [-0.05, 0) is 19.4 Å². The minimum absolute atomic E-state index is 0.306. The van der Waals surface area contributed by atoms with Crippen molar-refractivity contribution in [2.24, 2.45) is 5.73 Å². The van der Waals surface area contributed by atoms with E-state index in [1.165, 1.54) is 0 Å².